The molecule has 106 valence electrons. The first-order valence-electron chi connectivity index (χ1n) is 6.56. The number of amides is 1. The molecule has 4 nitrogen and oxygen atoms in total. The SMILES string of the molecule is O=C(CCC1CCNC1)NCC(O)c1ccc(Cl)s1. The van der Waals surface area contributed by atoms with Gasteiger partial charge in [-0.2, -0.15) is 0 Å². The molecule has 1 aliphatic heterocycles. The van der Waals surface area contributed by atoms with E-state index in [4.69, 9.17) is 11.6 Å². The van der Waals surface area contributed by atoms with Crippen LogP contribution in [0.25, 0.3) is 0 Å². The number of aliphatic hydroxyl groups excluding tert-OH is 1. The molecule has 0 spiro atoms. The number of nitrogens with one attached hydrogen (secondary N) is 2. The summed E-state index contributed by atoms with van der Waals surface area (Å²) in [5, 5.41) is 15.9. The normalized spacial score (nSPS) is 20.4. The third-order valence-electron chi connectivity index (χ3n) is 3.36. The third kappa shape index (κ3) is 4.76. The van der Waals surface area contributed by atoms with Crippen LogP contribution < -0.4 is 10.6 Å². The minimum absolute atomic E-state index is 0.00797. The van der Waals surface area contributed by atoms with E-state index in [1.165, 1.54) is 11.3 Å². The first kappa shape index (κ1) is 14.8. The van der Waals surface area contributed by atoms with Crippen LogP contribution in [0.3, 0.4) is 0 Å². The van der Waals surface area contributed by atoms with Crippen LogP contribution in [0.1, 0.15) is 30.2 Å². The number of thiophene rings is 1. The highest BCUT2D eigenvalue weighted by Gasteiger charge is 2.16. The van der Waals surface area contributed by atoms with Gasteiger partial charge in [0.15, 0.2) is 0 Å². The van der Waals surface area contributed by atoms with Gasteiger partial charge in [0.25, 0.3) is 0 Å². The van der Waals surface area contributed by atoms with Crippen molar-refractivity contribution >= 4 is 28.8 Å². The lowest BCUT2D eigenvalue weighted by Gasteiger charge is -2.11. The first-order chi connectivity index (χ1) is 9.15. The van der Waals surface area contributed by atoms with E-state index in [0.29, 0.717) is 16.7 Å². The van der Waals surface area contributed by atoms with Crippen molar-refractivity contribution in [2.75, 3.05) is 19.6 Å². The number of aliphatic hydroxyl groups is 1. The van der Waals surface area contributed by atoms with E-state index in [0.717, 1.165) is 30.8 Å². The second kappa shape index (κ2) is 7.24. The molecule has 3 N–H and O–H groups in total. The van der Waals surface area contributed by atoms with Crippen LogP contribution in [0.15, 0.2) is 12.1 Å². The lowest BCUT2D eigenvalue weighted by Crippen LogP contribution is -2.28. The fourth-order valence-corrected chi connectivity index (χ4v) is 3.25. The standard InChI is InChI=1S/C13H19ClN2O2S/c14-12-3-2-11(19-12)10(17)8-16-13(18)4-1-9-5-6-15-7-9/h2-3,9-10,15,17H,1,4-8H2,(H,16,18). The maximum absolute atomic E-state index is 11.7. The average molecular weight is 303 g/mol. The number of carbonyl (C=O) groups is 1. The molecule has 2 heterocycles. The molecule has 2 rings (SSSR count). The summed E-state index contributed by atoms with van der Waals surface area (Å²) in [5.74, 6) is 0.625. The maximum Gasteiger partial charge on any atom is 0.220 e. The second-order valence-corrected chi connectivity index (χ2v) is 6.61. The molecule has 0 bridgehead atoms. The Bertz CT molecular complexity index is 419. The number of hydrogen-bond acceptors (Lipinski definition) is 4. The Hall–Kier alpha value is -0.620. The van der Waals surface area contributed by atoms with Crippen LogP contribution >= 0.6 is 22.9 Å². The molecule has 1 fully saturated rings. The van der Waals surface area contributed by atoms with Gasteiger partial charge < -0.3 is 15.7 Å². The van der Waals surface area contributed by atoms with E-state index in [1.807, 2.05) is 0 Å². The Morgan fingerprint density at radius 2 is 2.47 bits per heavy atom. The summed E-state index contributed by atoms with van der Waals surface area (Å²) in [4.78, 5) is 12.5. The Morgan fingerprint density at radius 3 is 3.11 bits per heavy atom. The van der Waals surface area contributed by atoms with Gasteiger partial charge in [0, 0.05) is 17.8 Å². The highest BCUT2D eigenvalue weighted by molar-refractivity contribution is 7.16. The minimum atomic E-state index is -0.672. The van der Waals surface area contributed by atoms with E-state index in [-0.39, 0.29) is 12.5 Å². The smallest absolute Gasteiger partial charge is 0.220 e. The van der Waals surface area contributed by atoms with Gasteiger partial charge in [-0.3, -0.25) is 4.79 Å². The molecule has 2 unspecified atom stereocenters. The monoisotopic (exact) mass is 302 g/mol. The number of hydrogen-bond donors (Lipinski definition) is 3. The summed E-state index contributed by atoms with van der Waals surface area (Å²) >= 11 is 7.14. The molecule has 0 saturated carbocycles. The maximum atomic E-state index is 11.7. The second-order valence-electron chi connectivity index (χ2n) is 4.86. The summed E-state index contributed by atoms with van der Waals surface area (Å²) < 4.78 is 0.647. The molecule has 0 aromatic carbocycles. The van der Waals surface area contributed by atoms with Gasteiger partial charge in [0.1, 0.15) is 6.10 Å². The van der Waals surface area contributed by atoms with Crippen molar-refractivity contribution in [3.05, 3.63) is 21.3 Å². The summed E-state index contributed by atoms with van der Waals surface area (Å²) in [6, 6.07) is 3.54. The fourth-order valence-electron chi connectivity index (χ4n) is 2.20. The van der Waals surface area contributed by atoms with Crippen LogP contribution in [0, 0.1) is 5.92 Å². The summed E-state index contributed by atoms with van der Waals surface area (Å²) in [5.41, 5.74) is 0. The third-order valence-corrected chi connectivity index (χ3v) is 4.69. The molecule has 1 saturated heterocycles. The Kier molecular flexibility index (Phi) is 5.63. The molecule has 2 atom stereocenters. The highest BCUT2D eigenvalue weighted by Crippen LogP contribution is 2.26. The van der Waals surface area contributed by atoms with Crippen molar-refractivity contribution in [3.63, 3.8) is 0 Å². The summed E-state index contributed by atoms with van der Waals surface area (Å²) in [7, 11) is 0. The Morgan fingerprint density at radius 1 is 1.63 bits per heavy atom. The van der Waals surface area contributed by atoms with Gasteiger partial charge in [-0.05, 0) is 44.0 Å². The van der Waals surface area contributed by atoms with E-state index in [9.17, 15) is 9.90 Å². The zero-order valence-corrected chi connectivity index (χ0v) is 12.3. The molecule has 1 aromatic rings. The van der Waals surface area contributed by atoms with Crippen LogP contribution in [0.5, 0.6) is 0 Å². The number of carbonyl (C=O) groups excluding carboxylic acids is 1. The lowest BCUT2D eigenvalue weighted by molar-refractivity contribution is -0.121. The van der Waals surface area contributed by atoms with E-state index in [1.54, 1.807) is 12.1 Å². The van der Waals surface area contributed by atoms with Gasteiger partial charge in [-0.1, -0.05) is 11.6 Å². The van der Waals surface area contributed by atoms with Crippen molar-refractivity contribution in [1.82, 2.24) is 10.6 Å². The van der Waals surface area contributed by atoms with Gasteiger partial charge in [-0.25, -0.2) is 0 Å². The average Bonchev–Trinajstić information content (AvgIpc) is 3.04. The predicted octanol–water partition coefficient (Wildman–Crippen LogP) is 1.94. The Labute approximate surface area is 122 Å². The lowest BCUT2D eigenvalue weighted by atomic mass is 10.0. The van der Waals surface area contributed by atoms with Crippen LogP contribution in [0.4, 0.5) is 0 Å². The van der Waals surface area contributed by atoms with Crippen molar-refractivity contribution in [2.45, 2.75) is 25.4 Å². The molecule has 0 aliphatic carbocycles. The molecule has 1 amide bonds. The van der Waals surface area contributed by atoms with Gasteiger partial charge in [0.05, 0.1) is 4.34 Å². The molecule has 1 aromatic heterocycles. The van der Waals surface area contributed by atoms with Gasteiger partial charge in [-0.15, -0.1) is 11.3 Å². The van der Waals surface area contributed by atoms with Crippen molar-refractivity contribution < 1.29 is 9.90 Å². The van der Waals surface area contributed by atoms with Crippen LogP contribution in [-0.2, 0) is 4.79 Å². The summed E-state index contributed by atoms with van der Waals surface area (Å²) in [6.45, 7) is 2.33. The van der Waals surface area contributed by atoms with Gasteiger partial charge in [0.2, 0.25) is 5.91 Å². The zero-order valence-electron chi connectivity index (χ0n) is 10.7. The van der Waals surface area contributed by atoms with E-state index < -0.39 is 6.10 Å². The first-order valence-corrected chi connectivity index (χ1v) is 7.75. The quantitative estimate of drug-likeness (QED) is 0.752. The molecular formula is C13H19ClN2O2S. The van der Waals surface area contributed by atoms with Crippen molar-refractivity contribution in [2.24, 2.45) is 5.92 Å². The van der Waals surface area contributed by atoms with Crippen molar-refractivity contribution in [1.29, 1.82) is 0 Å². The number of halogens is 1. The van der Waals surface area contributed by atoms with Crippen LogP contribution in [0.2, 0.25) is 4.34 Å². The van der Waals surface area contributed by atoms with E-state index in [2.05, 4.69) is 10.6 Å². The molecule has 6 heteroatoms. The molecule has 19 heavy (non-hydrogen) atoms. The topological polar surface area (TPSA) is 61.4 Å². The summed E-state index contributed by atoms with van der Waals surface area (Å²) in [6.07, 6.45) is 1.93. The largest absolute Gasteiger partial charge is 0.386 e. The minimum Gasteiger partial charge on any atom is -0.386 e. The Balaban J connectivity index is 1.65. The fraction of sp³-hybridized carbons (Fsp3) is 0.615. The van der Waals surface area contributed by atoms with Crippen molar-refractivity contribution in [3.8, 4) is 0 Å². The molecular weight excluding hydrogens is 284 g/mol. The van der Waals surface area contributed by atoms with E-state index >= 15 is 0 Å². The zero-order chi connectivity index (χ0) is 13.7. The highest BCUT2D eigenvalue weighted by atomic mass is 35.5. The molecule has 1 aliphatic rings. The van der Waals surface area contributed by atoms with Crippen LogP contribution in [-0.4, -0.2) is 30.6 Å². The predicted molar refractivity (Wildman–Crippen MR) is 77.5 cm³/mol. The number of rotatable bonds is 6. The van der Waals surface area contributed by atoms with Gasteiger partial charge >= 0.3 is 0 Å². The molecule has 0 radical (unpaired) electrons.